The van der Waals surface area contributed by atoms with Gasteiger partial charge in [0, 0.05) is 7.05 Å². The van der Waals surface area contributed by atoms with Crippen LogP contribution in [0.3, 0.4) is 0 Å². The first kappa shape index (κ1) is 15.4. The van der Waals surface area contributed by atoms with Crippen molar-refractivity contribution in [3.63, 3.8) is 0 Å². The van der Waals surface area contributed by atoms with Crippen molar-refractivity contribution in [3.05, 3.63) is 29.5 Å². The molecule has 1 heterocycles. The highest BCUT2D eigenvalue weighted by Gasteiger charge is 2.29. The molecule has 0 spiro atoms. The second-order valence-corrected chi connectivity index (χ2v) is 4.48. The van der Waals surface area contributed by atoms with E-state index in [2.05, 4.69) is 11.2 Å². The maximum atomic E-state index is 11.8. The zero-order chi connectivity index (χ0) is 16.1. The van der Waals surface area contributed by atoms with Crippen LogP contribution < -0.4 is 14.8 Å². The van der Waals surface area contributed by atoms with Gasteiger partial charge in [0.15, 0.2) is 11.5 Å². The van der Waals surface area contributed by atoms with Gasteiger partial charge < -0.3 is 14.8 Å². The van der Waals surface area contributed by atoms with E-state index >= 15 is 0 Å². The van der Waals surface area contributed by atoms with Gasteiger partial charge in [-0.25, -0.2) is 4.79 Å². The lowest BCUT2D eigenvalue weighted by atomic mass is 10.1. The third-order valence-electron chi connectivity index (χ3n) is 2.97. The van der Waals surface area contributed by atoms with Crippen LogP contribution in [0.15, 0.2) is 23.9 Å². The molecule has 114 valence electrons. The molecule has 0 aromatic heterocycles. The molecule has 0 atom stereocenters. The van der Waals surface area contributed by atoms with Crippen molar-refractivity contribution in [1.29, 1.82) is 0 Å². The average molecular weight is 300 g/mol. The first-order valence-electron chi connectivity index (χ1n) is 6.70. The summed E-state index contributed by atoms with van der Waals surface area (Å²) in [5.74, 6) is 3.06. The number of rotatable bonds is 5. The Bertz CT molecular complexity index is 673. The van der Waals surface area contributed by atoms with Crippen molar-refractivity contribution < 1.29 is 19.1 Å². The molecule has 1 aromatic rings. The summed E-state index contributed by atoms with van der Waals surface area (Å²) >= 11 is 0. The topological polar surface area (TPSA) is 67.9 Å². The third-order valence-corrected chi connectivity index (χ3v) is 2.97. The van der Waals surface area contributed by atoms with Gasteiger partial charge in [0.1, 0.15) is 12.3 Å². The van der Waals surface area contributed by atoms with E-state index in [4.69, 9.17) is 15.9 Å². The van der Waals surface area contributed by atoms with Crippen molar-refractivity contribution >= 4 is 18.0 Å². The minimum atomic E-state index is -0.449. The number of carbonyl (C=O) groups excluding carboxylic acids is 2. The number of benzene rings is 1. The molecule has 0 aliphatic carbocycles. The highest BCUT2D eigenvalue weighted by atomic mass is 16.5. The Hall–Kier alpha value is -2.94. The van der Waals surface area contributed by atoms with Crippen LogP contribution in [0.25, 0.3) is 6.08 Å². The van der Waals surface area contributed by atoms with Gasteiger partial charge in [-0.3, -0.25) is 9.69 Å². The smallest absolute Gasteiger partial charge is 0.328 e. The number of urea groups is 1. The number of carbonyl (C=O) groups is 2. The van der Waals surface area contributed by atoms with Crippen LogP contribution in [-0.2, 0) is 4.79 Å². The highest BCUT2D eigenvalue weighted by molar-refractivity contribution is 6.13. The fraction of sp³-hybridized carbons (Fsp3) is 0.250. The van der Waals surface area contributed by atoms with Crippen molar-refractivity contribution in [2.45, 2.75) is 6.92 Å². The van der Waals surface area contributed by atoms with Crippen LogP contribution >= 0.6 is 0 Å². The monoisotopic (exact) mass is 300 g/mol. The molecule has 6 nitrogen and oxygen atoms in total. The van der Waals surface area contributed by atoms with Crippen molar-refractivity contribution in [1.82, 2.24) is 10.2 Å². The lowest BCUT2D eigenvalue weighted by Crippen LogP contribution is -2.25. The molecule has 1 aromatic carbocycles. The normalized spacial score (nSPS) is 15.7. The molecule has 1 fully saturated rings. The van der Waals surface area contributed by atoms with Gasteiger partial charge in [-0.1, -0.05) is 12.0 Å². The van der Waals surface area contributed by atoms with Crippen LogP contribution in [-0.4, -0.2) is 37.1 Å². The Morgan fingerprint density at radius 2 is 2.09 bits per heavy atom. The Balaban J connectivity index is 2.29. The van der Waals surface area contributed by atoms with E-state index in [0.29, 0.717) is 23.7 Å². The molecule has 6 heteroatoms. The Morgan fingerprint density at radius 3 is 2.68 bits per heavy atom. The number of hydrogen-bond donors (Lipinski definition) is 1. The molecule has 3 amide bonds. The minimum Gasteiger partial charge on any atom is -0.490 e. The molecule has 1 aliphatic heterocycles. The number of hydrogen-bond acceptors (Lipinski definition) is 4. The Labute approximate surface area is 128 Å². The van der Waals surface area contributed by atoms with E-state index in [0.717, 1.165) is 4.90 Å². The molecule has 0 radical (unpaired) electrons. The first-order valence-corrected chi connectivity index (χ1v) is 6.70. The van der Waals surface area contributed by atoms with E-state index in [1.165, 1.54) is 7.05 Å². The number of ether oxygens (including phenoxy) is 2. The summed E-state index contributed by atoms with van der Waals surface area (Å²) in [6.45, 7) is 2.45. The number of terminal acetylenes is 1. The quantitative estimate of drug-likeness (QED) is 0.510. The summed E-state index contributed by atoms with van der Waals surface area (Å²) in [6.07, 6.45) is 6.75. The number of nitrogens with zero attached hydrogens (tertiary/aromatic N) is 1. The zero-order valence-electron chi connectivity index (χ0n) is 12.4. The maximum Gasteiger partial charge on any atom is 0.328 e. The minimum absolute atomic E-state index is 0.139. The van der Waals surface area contributed by atoms with Gasteiger partial charge >= 0.3 is 6.03 Å². The van der Waals surface area contributed by atoms with Crippen molar-refractivity contribution in [2.75, 3.05) is 20.3 Å². The van der Waals surface area contributed by atoms with Crippen LogP contribution in [0.1, 0.15) is 12.5 Å². The highest BCUT2D eigenvalue weighted by Crippen LogP contribution is 2.29. The van der Waals surface area contributed by atoms with Crippen molar-refractivity contribution in [2.24, 2.45) is 0 Å². The first-order chi connectivity index (χ1) is 10.6. The van der Waals surface area contributed by atoms with Crippen LogP contribution in [0.4, 0.5) is 4.79 Å². The Kier molecular flexibility index (Phi) is 4.69. The predicted octanol–water partition coefficient (Wildman–Crippen LogP) is 1.62. The number of nitrogens with one attached hydrogen (secondary N) is 1. The Morgan fingerprint density at radius 1 is 1.32 bits per heavy atom. The maximum absolute atomic E-state index is 11.8. The fourth-order valence-electron chi connectivity index (χ4n) is 1.91. The van der Waals surface area contributed by atoms with Gasteiger partial charge in [0.2, 0.25) is 0 Å². The summed E-state index contributed by atoms with van der Waals surface area (Å²) < 4.78 is 10.9. The van der Waals surface area contributed by atoms with Gasteiger partial charge in [-0.2, -0.15) is 0 Å². The molecular weight excluding hydrogens is 284 g/mol. The summed E-state index contributed by atoms with van der Waals surface area (Å²) in [5.41, 5.74) is 0.919. The second kappa shape index (κ2) is 6.68. The van der Waals surface area contributed by atoms with Crippen LogP contribution in [0.5, 0.6) is 11.5 Å². The lowest BCUT2D eigenvalue weighted by Gasteiger charge is -2.11. The van der Waals surface area contributed by atoms with E-state index < -0.39 is 6.03 Å². The summed E-state index contributed by atoms with van der Waals surface area (Å²) in [5, 5.41) is 2.50. The molecule has 0 unspecified atom stereocenters. The summed E-state index contributed by atoms with van der Waals surface area (Å²) in [7, 11) is 1.42. The van der Waals surface area contributed by atoms with E-state index in [9.17, 15) is 9.59 Å². The summed E-state index contributed by atoms with van der Waals surface area (Å²) in [4.78, 5) is 24.3. The largest absolute Gasteiger partial charge is 0.490 e. The molecule has 1 aliphatic rings. The molecule has 0 saturated carbocycles. The van der Waals surface area contributed by atoms with Gasteiger partial charge in [-0.05, 0) is 30.7 Å². The van der Waals surface area contributed by atoms with Gasteiger partial charge in [0.25, 0.3) is 5.91 Å². The second-order valence-electron chi connectivity index (χ2n) is 4.48. The average Bonchev–Trinajstić information content (AvgIpc) is 2.74. The summed E-state index contributed by atoms with van der Waals surface area (Å²) in [6, 6.07) is 4.73. The lowest BCUT2D eigenvalue weighted by molar-refractivity contribution is -0.121. The predicted molar refractivity (Wildman–Crippen MR) is 81.2 cm³/mol. The van der Waals surface area contributed by atoms with Crippen LogP contribution in [0, 0.1) is 12.3 Å². The number of amides is 3. The van der Waals surface area contributed by atoms with Gasteiger partial charge in [0.05, 0.1) is 6.61 Å². The standard InChI is InChI=1S/C16H16N2O4/c1-4-8-22-13-7-6-11(10-14(13)21-5-2)9-12-15(19)18(3)16(20)17-12/h1,6-7,9-10H,5,8H2,2-3H3,(H,17,20)/b12-9+. The molecular formula is C16H16N2O4. The van der Waals surface area contributed by atoms with Gasteiger partial charge in [-0.15, -0.1) is 6.42 Å². The fourth-order valence-corrected chi connectivity index (χ4v) is 1.91. The number of likely N-dealkylation sites (N-methyl/N-ethyl adjacent to an activating group) is 1. The van der Waals surface area contributed by atoms with E-state index in [1.807, 2.05) is 6.92 Å². The van der Waals surface area contributed by atoms with E-state index in [1.54, 1.807) is 24.3 Å². The van der Waals surface area contributed by atoms with Crippen LogP contribution in [0.2, 0.25) is 0 Å². The molecule has 0 bridgehead atoms. The molecule has 22 heavy (non-hydrogen) atoms. The SMILES string of the molecule is C#CCOc1ccc(/C=C2/NC(=O)N(C)C2=O)cc1OCC. The zero-order valence-corrected chi connectivity index (χ0v) is 12.4. The molecule has 2 rings (SSSR count). The molecule has 1 saturated heterocycles. The van der Waals surface area contributed by atoms with Crippen molar-refractivity contribution in [3.8, 4) is 23.8 Å². The van der Waals surface area contributed by atoms with E-state index in [-0.39, 0.29) is 18.2 Å². The molecule has 1 N–H and O–H groups in total. The third kappa shape index (κ3) is 3.20. The number of imide groups is 1.